The number of rotatable bonds is 3. The Kier molecular flexibility index (Phi) is 4.12. The smallest absolute Gasteiger partial charge is 0.285 e. The summed E-state index contributed by atoms with van der Waals surface area (Å²) in [5.41, 5.74) is 12.1. The Morgan fingerprint density at radius 3 is 2.31 bits per heavy atom. The maximum absolute atomic E-state index is 12.4. The third-order valence-electron chi connectivity index (χ3n) is 4.70. The second-order valence-electron chi connectivity index (χ2n) is 7.87. The quantitative estimate of drug-likeness (QED) is 0.838. The lowest BCUT2D eigenvalue weighted by Gasteiger charge is -2.41. The molecule has 1 aromatic rings. The van der Waals surface area contributed by atoms with E-state index in [0.29, 0.717) is 22.7 Å². The molecule has 2 amide bonds. The zero-order chi connectivity index (χ0) is 19.6. The number of nitrogens with two attached hydrogens (primary N) is 2. The molecule has 0 aromatic carbocycles. The van der Waals surface area contributed by atoms with Crippen molar-refractivity contribution in [3.05, 3.63) is 27.5 Å². The Hall–Kier alpha value is -2.06. The van der Waals surface area contributed by atoms with Crippen molar-refractivity contribution < 1.29 is 19.1 Å². The standard InChI is InChI=1S/C18H25N3O4S/c1-8-12(15(20)23)24-9(2)21(8)16-11(14(19)22)10-7-17(3,4)25-18(5,6)13(10)26-16/h9H,7H2,1-6H3,(H2,19,22)(H2,20,23). The first-order chi connectivity index (χ1) is 11.9. The summed E-state index contributed by atoms with van der Waals surface area (Å²) in [6.45, 7) is 11.5. The normalized spacial score (nSPS) is 23.6. The van der Waals surface area contributed by atoms with Crippen LogP contribution in [-0.4, -0.2) is 23.6 Å². The van der Waals surface area contributed by atoms with Crippen LogP contribution in [0.3, 0.4) is 0 Å². The number of allylic oxidation sites excluding steroid dienone is 1. The number of nitrogens with zero attached hydrogens (tertiary/aromatic N) is 1. The van der Waals surface area contributed by atoms with Crippen LogP contribution < -0.4 is 16.4 Å². The number of hydrogen-bond donors (Lipinski definition) is 2. The Bertz CT molecular complexity index is 838. The van der Waals surface area contributed by atoms with Gasteiger partial charge in [0.05, 0.1) is 22.5 Å². The summed E-state index contributed by atoms with van der Waals surface area (Å²) in [4.78, 5) is 26.8. The number of anilines is 1. The molecule has 0 saturated carbocycles. The zero-order valence-electron chi connectivity index (χ0n) is 15.9. The van der Waals surface area contributed by atoms with Gasteiger partial charge in [-0.25, -0.2) is 0 Å². The Balaban J connectivity index is 2.24. The van der Waals surface area contributed by atoms with Crippen molar-refractivity contribution in [1.29, 1.82) is 0 Å². The van der Waals surface area contributed by atoms with Crippen molar-refractivity contribution in [2.75, 3.05) is 4.90 Å². The van der Waals surface area contributed by atoms with E-state index in [4.69, 9.17) is 20.9 Å². The van der Waals surface area contributed by atoms with Crippen LogP contribution in [0.5, 0.6) is 0 Å². The summed E-state index contributed by atoms with van der Waals surface area (Å²) in [6, 6.07) is 0. The van der Waals surface area contributed by atoms with Crippen LogP contribution in [0.1, 0.15) is 62.3 Å². The minimum absolute atomic E-state index is 0.107. The van der Waals surface area contributed by atoms with Crippen LogP contribution in [0.4, 0.5) is 5.00 Å². The Labute approximate surface area is 156 Å². The molecule has 3 rings (SSSR count). The van der Waals surface area contributed by atoms with Gasteiger partial charge in [-0.15, -0.1) is 11.3 Å². The summed E-state index contributed by atoms with van der Waals surface area (Å²) in [5.74, 6) is -1.03. The molecule has 142 valence electrons. The molecule has 0 bridgehead atoms. The molecule has 7 nitrogen and oxygen atoms in total. The number of carbonyl (C=O) groups is 2. The molecule has 8 heteroatoms. The van der Waals surface area contributed by atoms with Crippen LogP contribution in [0.2, 0.25) is 0 Å². The second kappa shape index (κ2) is 5.72. The second-order valence-corrected chi connectivity index (χ2v) is 8.87. The molecule has 0 saturated heterocycles. The average Bonchev–Trinajstić information content (AvgIpc) is 2.94. The number of primary amides is 2. The molecular weight excluding hydrogens is 354 g/mol. The number of hydrogen-bond acceptors (Lipinski definition) is 6. The fourth-order valence-electron chi connectivity index (χ4n) is 3.97. The van der Waals surface area contributed by atoms with Crippen molar-refractivity contribution in [3.8, 4) is 0 Å². The van der Waals surface area contributed by atoms with Crippen molar-refractivity contribution >= 4 is 28.2 Å². The number of carbonyl (C=O) groups excluding carboxylic acids is 2. The summed E-state index contributed by atoms with van der Waals surface area (Å²) in [7, 11) is 0. The predicted octanol–water partition coefficient (Wildman–Crippen LogP) is 2.33. The molecule has 0 fully saturated rings. The molecule has 1 atom stereocenters. The van der Waals surface area contributed by atoms with Crippen molar-refractivity contribution in [2.24, 2.45) is 11.5 Å². The lowest BCUT2D eigenvalue weighted by atomic mass is 9.86. The van der Waals surface area contributed by atoms with Gasteiger partial charge in [0.25, 0.3) is 11.8 Å². The average molecular weight is 379 g/mol. The maximum atomic E-state index is 12.4. The summed E-state index contributed by atoms with van der Waals surface area (Å²) >= 11 is 1.45. The number of thiophene rings is 1. The first kappa shape index (κ1) is 18.7. The molecule has 2 aliphatic rings. The largest absolute Gasteiger partial charge is 0.463 e. The summed E-state index contributed by atoms with van der Waals surface area (Å²) in [6.07, 6.45) is 0.113. The van der Waals surface area contributed by atoms with E-state index in [2.05, 4.69) is 0 Å². The highest BCUT2D eigenvalue weighted by molar-refractivity contribution is 7.17. The Morgan fingerprint density at radius 1 is 1.19 bits per heavy atom. The molecule has 1 unspecified atom stereocenters. The molecule has 1 aromatic heterocycles. The van der Waals surface area contributed by atoms with Gasteiger partial charge in [0, 0.05) is 11.3 Å². The van der Waals surface area contributed by atoms with E-state index in [9.17, 15) is 9.59 Å². The third kappa shape index (κ3) is 2.77. The van der Waals surface area contributed by atoms with Gasteiger partial charge in [-0.05, 0) is 47.1 Å². The molecule has 0 aliphatic carbocycles. The van der Waals surface area contributed by atoms with E-state index in [1.54, 1.807) is 13.8 Å². The van der Waals surface area contributed by atoms with Gasteiger partial charge in [0.15, 0.2) is 6.23 Å². The molecule has 0 spiro atoms. The van der Waals surface area contributed by atoms with Gasteiger partial charge >= 0.3 is 0 Å². The van der Waals surface area contributed by atoms with Gasteiger partial charge < -0.3 is 20.9 Å². The van der Waals surface area contributed by atoms with Gasteiger partial charge in [-0.1, -0.05) is 0 Å². The predicted molar refractivity (Wildman–Crippen MR) is 99.7 cm³/mol. The lowest BCUT2D eigenvalue weighted by molar-refractivity contribution is -0.135. The fraction of sp³-hybridized carbons (Fsp3) is 0.556. The van der Waals surface area contributed by atoms with E-state index in [-0.39, 0.29) is 5.76 Å². The molecule has 4 N–H and O–H groups in total. The topological polar surface area (TPSA) is 108 Å². The van der Waals surface area contributed by atoms with Crippen LogP contribution >= 0.6 is 11.3 Å². The van der Waals surface area contributed by atoms with Crippen LogP contribution in [0.25, 0.3) is 0 Å². The van der Waals surface area contributed by atoms with Gasteiger partial charge in [0.2, 0.25) is 5.76 Å². The summed E-state index contributed by atoms with van der Waals surface area (Å²) < 4.78 is 11.8. The molecular formula is C18H25N3O4S. The first-order valence-corrected chi connectivity index (χ1v) is 9.30. The van der Waals surface area contributed by atoms with Crippen molar-refractivity contribution in [2.45, 2.75) is 65.4 Å². The Morgan fingerprint density at radius 2 is 1.81 bits per heavy atom. The molecule has 3 heterocycles. The van der Waals surface area contributed by atoms with E-state index < -0.39 is 29.2 Å². The van der Waals surface area contributed by atoms with Gasteiger partial charge in [-0.2, -0.15) is 0 Å². The monoisotopic (exact) mass is 379 g/mol. The minimum Gasteiger partial charge on any atom is -0.463 e. The highest BCUT2D eigenvalue weighted by atomic mass is 32.1. The third-order valence-corrected chi connectivity index (χ3v) is 6.24. The lowest BCUT2D eigenvalue weighted by Crippen LogP contribution is -2.42. The minimum atomic E-state index is -0.636. The van der Waals surface area contributed by atoms with E-state index in [0.717, 1.165) is 10.4 Å². The maximum Gasteiger partial charge on any atom is 0.285 e. The fourth-order valence-corrected chi connectivity index (χ4v) is 5.46. The molecule has 2 aliphatic heterocycles. The van der Waals surface area contributed by atoms with E-state index in [1.807, 2.05) is 32.6 Å². The number of fused-ring (bicyclic) bond motifs is 1. The van der Waals surface area contributed by atoms with Gasteiger partial charge in [0.1, 0.15) is 5.00 Å². The van der Waals surface area contributed by atoms with E-state index >= 15 is 0 Å². The van der Waals surface area contributed by atoms with Crippen molar-refractivity contribution in [3.63, 3.8) is 0 Å². The van der Waals surface area contributed by atoms with Gasteiger partial charge in [-0.3, -0.25) is 14.5 Å². The summed E-state index contributed by atoms with van der Waals surface area (Å²) in [5, 5.41) is 0.665. The highest BCUT2D eigenvalue weighted by Gasteiger charge is 2.45. The molecule has 26 heavy (non-hydrogen) atoms. The van der Waals surface area contributed by atoms with Crippen LogP contribution in [0.15, 0.2) is 11.5 Å². The number of amides is 2. The number of ether oxygens (including phenoxy) is 2. The molecule has 0 radical (unpaired) electrons. The van der Waals surface area contributed by atoms with Crippen LogP contribution in [0, 0.1) is 0 Å². The first-order valence-electron chi connectivity index (χ1n) is 8.48. The zero-order valence-corrected chi connectivity index (χ0v) is 16.7. The SMILES string of the molecule is CC1=C(C(N)=O)OC(C)N1c1sc2c(c1C(N)=O)CC(C)(C)OC2(C)C. The van der Waals surface area contributed by atoms with Crippen molar-refractivity contribution in [1.82, 2.24) is 0 Å². The van der Waals surface area contributed by atoms with Crippen LogP contribution in [-0.2, 0) is 26.3 Å². The van der Waals surface area contributed by atoms with E-state index in [1.165, 1.54) is 11.3 Å². The highest BCUT2D eigenvalue weighted by Crippen LogP contribution is 2.50.